The highest BCUT2D eigenvalue weighted by Gasteiger charge is 2.21. The SMILES string of the molecule is C[C@H](OC(=O)/C(C#N)=C/c1ccco1)C(=O)NCc1ccc2c(c1)OCO2. The lowest BCUT2D eigenvalue weighted by atomic mass is 10.2. The predicted octanol–water partition coefficient (Wildman–Crippen LogP) is 2.16. The number of hydrogen-bond donors (Lipinski definition) is 1. The standard InChI is InChI=1S/C19H16N2O6/c1-12(27-19(23)14(9-20)8-15-3-2-6-24-15)18(22)21-10-13-4-5-16-17(7-13)26-11-25-16/h2-8,12H,10-11H2,1H3,(H,21,22)/b14-8+/t12-/m0/s1. The fourth-order valence-corrected chi connectivity index (χ4v) is 2.31. The van der Waals surface area contributed by atoms with Crippen molar-refractivity contribution in [1.29, 1.82) is 5.26 Å². The second-order valence-corrected chi connectivity index (χ2v) is 5.64. The second-order valence-electron chi connectivity index (χ2n) is 5.64. The van der Waals surface area contributed by atoms with Crippen molar-refractivity contribution in [2.45, 2.75) is 19.6 Å². The van der Waals surface area contributed by atoms with E-state index in [-0.39, 0.29) is 18.9 Å². The van der Waals surface area contributed by atoms with Crippen LogP contribution in [0.4, 0.5) is 0 Å². The Kier molecular flexibility index (Phi) is 5.42. The summed E-state index contributed by atoms with van der Waals surface area (Å²) < 4.78 is 20.6. The Labute approximate surface area is 154 Å². The Bertz CT molecular complexity index is 911. The molecule has 1 N–H and O–H groups in total. The van der Waals surface area contributed by atoms with Crippen LogP contribution in [0.2, 0.25) is 0 Å². The second kappa shape index (κ2) is 8.10. The molecule has 2 aromatic rings. The molecule has 0 fully saturated rings. The lowest BCUT2D eigenvalue weighted by Gasteiger charge is -2.13. The van der Waals surface area contributed by atoms with E-state index in [2.05, 4.69) is 5.32 Å². The summed E-state index contributed by atoms with van der Waals surface area (Å²) in [4.78, 5) is 24.2. The van der Waals surface area contributed by atoms with Crippen LogP contribution in [-0.2, 0) is 20.9 Å². The molecule has 0 bridgehead atoms. The van der Waals surface area contributed by atoms with Gasteiger partial charge < -0.3 is 23.9 Å². The van der Waals surface area contributed by atoms with Crippen molar-refractivity contribution in [3.63, 3.8) is 0 Å². The molecule has 0 unspecified atom stereocenters. The number of furan rings is 1. The summed E-state index contributed by atoms with van der Waals surface area (Å²) in [5.41, 5.74) is 0.543. The first-order valence-corrected chi connectivity index (χ1v) is 8.09. The van der Waals surface area contributed by atoms with E-state index in [9.17, 15) is 9.59 Å². The number of ether oxygens (including phenoxy) is 3. The van der Waals surface area contributed by atoms with Gasteiger partial charge in [-0.05, 0) is 36.8 Å². The Morgan fingerprint density at radius 2 is 2.15 bits per heavy atom. The molecule has 8 nitrogen and oxygen atoms in total. The van der Waals surface area contributed by atoms with Crippen LogP contribution < -0.4 is 14.8 Å². The van der Waals surface area contributed by atoms with Gasteiger partial charge >= 0.3 is 5.97 Å². The molecule has 0 radical (unpaired) electrons. The molecular formula is C19H16N2O6. The fourth-order valence-electron chi connectivity index (χ4n) is 2.31. The quantitative estimate of drug-likeness (QED) is 0.472. The van der Waals surface area contributed by atoms with Gasteiger partial charge in [-0.1, -0.05) is 6.07 Å². The number of nitrogens with one attached hydrogen (secondary N) is 1. The maximum absolute atomic E-state index is 12.1. The van der Waals surface area contributed by atoms with Crippen molar-refractivity contribution in [1.82, 2.24) is 5.32 Å². The van der Waals surface area contributed by atoms with Gasteiger partial charge in [0.1, 0.15) is 17.4 Å². The monoisotopic (exact) mass is 368 g/mol. The highest BCUT2D eigenvalue weighted by Crippen LogP contribution is 2.32. The molecule has 2 heterocycles. The average Bonchev–Trinajstić information content (AvgIpc) is 3.34. The number of rotatable bonds is 6. The van der Waals surface area contributed by atoms with Crippen LogP contribution in [0.5, 0.6) is 11.5 Å². The van der Waals surface area contributed by atoms with Crippen LogP contribution in [0, 0.1) is 11.3 Å². The summed E-state index contributed by atoms with van der Waals surface area (Å²) in [6, 6.07) is 10.3. The van der Waals surface area contributed by atoms with E-state index < -0.39 is 18.0 Å². The van der Waals surface area contributed by atoms with Crippen LogP contribution in [-0.4, -0.2) is 24.8 Å². The van der Waals surface area contributed by atoms with Crippen LogP contribution in [0.3, 0.4) is 0 Å². The van der Waals surface area contributed by atoms with E-state index in [0.29, 0.717) is 17.3 Å². The van der Waals surface area contributed by atoms with Gasteiger partial charge in [-0.3, -0.25) is 4.79 Å². The predicted molar refractivity (Wildman–Crippen MR) is 92.3 cm³/mol. The first kappa shape index (κ1) is 18.1. The highest BCUT2D eigenvalue weighted by molar-refractivity contribution is 5.98. The van der Waals surface area contributed by atoms with Crippen molar-refractivity contribution >= 4 is 18.0 Å². The Balaban J connectivity index is 1.54. The summed E-state index contributed by atoms with van der Waals surface area (Å²) in [7, 11) is 0. The summed E-state index contributed by atoms with van der Waals surface area (Å²) >= 11 is 0. The van der Waals surface area contributed by atoms with Gasteiger partial charge in [0.05, 0.1) is 6.26 Å². The molecule has 0 spiro atoms. The van der Waals surface area contributed by atoms with Crippen LogP contribution in [0.25, 0.3) is 6.08 Å². The largest absolute Gasteiger partial charge is 0.465 e. The number of carbonyl (C=O) groups excluding carboxylic acids is 2. The van der Waals surface area contributed by atoms with E-state index >= 15 is 0 Å². The Morgan fingerprint density at radius 1 is 1.33 bits per heavy atom. The van der Waals surface area contributed by atoms with Crippen molar-refractivity contribution in [3.05, 3.63) is 53.5 Å². The number of benzene rings is 1. The molecule has 1 aliphatic rings. The number of esters is 1. The highest BCUT2D eigenvalue weighted by atomic mass is 16.7. The lowest BCUT2D eigenvalue weighted by Crippen LogP contribution is -2.35. The summed E-state index contributed by atoms with van der Waals surface area (Å²) in [6.07, 6.45) is 1.60. The van der Waals surface area contributed by atoms with Crippen molar-refractivity contribution in [2.75, 3.05) is 6.79 Å². The van der Waals surface area contributed by atoms with Crippen LogP contribution in [0.15, 0.2) is 46.6 Å². The van der Waals surface area contributed by atoms with E-state index in [1.165, 1.54) is 19.3 Å². The maximum atomic E-state index is 12.1. The van der Waals surface area contributed by atoms with Gasteiger partial charge in [-0.25, -0.2) is 4.79 Å². The van der Waals surface area contributed by atoms with E-state index in [1.54, 1.807) is 36.4 Å². The minimum atomic E-state index is -1.07. The summed E-state index contributed by atoms with van der Waals surface area (Å²) in [5, 5.41) is 11.8. The fraction of sp³-hybridized carbons (Fsp3) is 0.211. The van der Waals surface area contributed by atoms with Gasteiger partial charge in [0, 0.05) is 12.6 Å². The van der Waals surface area contributed by atoms with Crippen molar-refractivity contribution in [3.8, 4) is 17.6 Å². The molecule has 0 saturated carbocycles. The van der Waals surface area contributed by atoms with E-state index in [1.807, 2.05) is 0 Å². The number of carbonyl (C=O) groups is 2. The number of amides is 1. The molecular weight excluding hydrogens is 352 g/mol. The maximum Gasteiger partial charge on any atom is 0.349 e. The zero-order valence-corrected chi connectivity index (χ0v) is 14.4. The van der Waals surface area contributed by atoms with Crippen LogP contribution >= 0.6 is 0 Å². The number of hydrogen-bond acceptors (Lipinski definition) is 7. The first-order chi connectivity index (χ1) is 13.1. The van der Waals surface area contributed by atoms with E-state index in [4.69, 9.17) is 23.9 Å². The van der Waals surface area contributed by atoms with Gasteiger partial charge in [0.15, 0.2) is 17.6 Å². The molecule has 1 amide bonds. The average molecular weight is 368 g/mol. The molecule has 1 aromatic carbocycles. The summed E-state index contributed by atoms with van der Waals surface area (Å²) in [5.74, 6) is 0.210. The minimum Gasteiger partial charge on any atom is -0.465 e. The molecule has 1 aliphatic heterocycles. The van der Waals surface area contributed by atoms with Crippen molar-refractivity contribution < 1.29 is 28.2 Å². The lowest BCUT2D eigenvalue weighted by molar-refractivity contribution is -0.150. The topological polar surface area (TPSA) is 111 Å². The zero-order chi connectivity index (χ0) is 19.2. The molecule has 3 rings (SSSR count). The zero-order valence-electron chi connectivity index (χ0n) is 14.4. The Morgan fingerprint density at radius 3 is 2.89 bits per heavy atom. The third-order valence-corrected chi connectivity index (χ3v) is 3.73. The molecule has 1 aromatic heterocycles. The molecule has 0 aliphatic carbocycles. The molecule has 1 atom stereocenters. The summed E-state index contributed by atoms with van der Waals surface area (Å²) in [6.45, 7) is 1.82. The minimum absolute atomic E-state index is 0.172. The first-order valence-electron chi connectivity index (χ1n) is 8.09. The van der Waals surface area contributed by atoms with Crippen LogP contribution in [0.1, 0.15) is 18.2 Å². The smallest absolute Gasteiger partial charge is 0.349 e. The number of nitrogens with zero attached hydrogens (tertiary/aromatic N) is 1. The molecule has 27 heavy (non-hydrogen) atoms. The van der Waals surface area contributed by atoms with Gasteiger partial charge in [-0.2, -0.15) is 5.26 Å². The number of fused-ring (bicyclic) bond motifs is 1. The Hall–Kier alpha value is -3.73. The van der Waals surface area contributed by atoms with Gasteiger partial charge in [-0.15, -0.1) is 0 Å². The third-order valence-electron chi connectivity index (χ3n) is 3.73. The molecule has 8 heteroatoms. The van der Waals surface area contributed by atoms with Gasteiger partial charge in [0.2, 0.25) is 6.79 Å². The van der Waals surface area contributed by atoms with E-state index in [0.717, 1.165) is 5.56 Å². The van der Waals surface area contributed by atoms with Gasteiger partial charge in [0.25, 0.3) is 5.91 Å². The molecule has 138 valence electrons. The number of nitriles is 1. The molecule has 0 saturated heterocycles. The van der Waals surface area contributed by atoms with Crippen molar-refractivity contribution in [2.24, 2.45) is 0 Å². The normalized spacial score (nSPS) is 13.6. The third kappa shape index (κ3) is 4.46.